The smallest absolute Gasteiger partial charge is 0.190 e. The van der Waals surface area contributed by atoms with Crippen molar-refractivity contribution in [2.24, 2.45) is 0 Å². The fourth-order valence-electron chi connectivity index (χ4n) is 2.74. The van der Waals surface area contributed by atoms with Crippen LogP contribution in [0.25, 0.3) is 21.3 Å². The SMILES string of the molecule is COc1ccc(-c2ccccc2)c2sc(NC(=S)Nc3cccnc3)nc12. The second kappa shape index (κ2) is 7.69. The third-order valence-corrected chi connectivity index (χ3v) is 5.16. The van der Waals surface area contributed by atoms with Crippen LogP contribution in [0.1, 0.15) is 0 Å². The quantitative estimate of drug-likeness (QED) is 0.467. The molecule has 0 atom stereocenters. The Labute approximate surface area is 166 Å². The Bertz CT molecular complexity index is 1080. The maximum atomic E-state index is 5.49. The van der Waals surface area contributed by atoms with Crippen molar-refractivity contribution in [3.8, 4) is 16.9 Å². The van der Waals surface area contributed by atoms with Crippen LogP contribution in [0.4, 0.5) is 10.8 Å². The molecule has 0 saturated heterocycles. The number of nitrogens with one attached hydrogen (secondary N) is 2. The van der Waals surface area contributed by atoms with E-state index in [0.717, 1.165) is 32.8 Å². The number of thiocarbonyl (C=S) groups is 1. The van der Waals surface area contributed by atoms with E-state index in [0.29, 0.717) is 10.2 Å². The lowest BCUT2D eigenvalue weighted by atomic mass is 10.1. The summed E-state index contributed by atoms with van der Waals surface area (Å²) in [5.41, 5.74) is 3.88. The van der Waals surface area contributed by atoms with E-state index >= 15 is 0 Å². The molecule has 2 aromatic heterocycles. The predicted molar refractivity (Wildman–Crippen MR) is 116 cm³/mol. The molecule has 0 aliphatic heterocycles. The summed E-state index contributed by atoms with van der Waals surface area (Å²) < 4.78 is 6.54. The molecule has 4 aromatic rings. The van der Waals surface area contributed by atoms with Gasteiger partial charge in [0, 0.05) is 11.8 Å². The van der Waals surface area contributed by atoms with Gasteiger partial charge in [-0.25, -0.2) is 4.98 Å². The van der Waals surface area contributed by atoms with Crippen molar-refractivity contribution in [2.45, 2.75) is 0 Å². The van der Waals surface area contributed by atoms with Crippen LogP contribution in [0.15, 0.2) is 67.0 Å². The number of methoxy groups -OCH3 is 1. The fraction of sp³-hybridized carbons (Fsp3) is 0.0500. The molecule has 2 N–H and O–H groups in total. The van der Waals surface area contributed by atoms with Gasteiger partial charge in [-0.2, -0.15) is 0 Å². The van der Waals surface area contributed by atoms with Crippen LogP contribution in [0.5, 0.6) is 5.75 Å². The lowest BCUT2D eigenvalue weighted by Gasteiger charge is -2.07. The van der Waals surface area contributed by atoms with Crippen LogP contribution in [-0.4, -0.2) is 22.2 Å². The van der Waals surface area contributed by atoms with E-state index in [2.05, 4.69) is 33.8 Å². The third kappa shape index (κ3) is 3.74. The summed E-state index contributed by atoms with van der Waals surface area (Å²) in [4.78, 5) is 8.76. The second-order valence-corrected chi connectivity index (χ2v) is 7.11. The Morgan fingerprint density at radius 3 is 2.63 bits per heavy atom. The number of hydrogen-bond donors (Lipinski definition) is 2. The standard InChI is InChI=1S/C20H16N4OS2/c1-25-16-10-9-15(13-6-3-2-4-7-13)18-17(16)23-20(27-18)24-19(26)22-14-8-5-11-21-12-14/h2-12H,1H3,(H2,22,23,24,26). The molecule has 27 heavy (non-hydrogen) atoms. The summed E-state index contributed by atoms with van der Waals surface area (Å²) in [7, 11) is 1.65. The average molecular weight is 393 g/mol. The summed E-state index contributed by atoms with van der Waals surface area (Å²) in [6.07, 6.45) is 3.43. The highest BCUT2D eigenvalue weighted by molar-refractivity contribution is 7.80. The molecule has 0 unspecified atom stereocenters. The number of fused-ring (bicyclic) bond motifs is 1. The van der Waals surface area contributed by atoms with Gasteiger partial charge in [-0.05, 0) is 42.0 Å². The van der Waals surface area contributed by atoms with E-state index in [1.165, 1.54) is 0 Å². The first-order valence-electron chi connectivity index (χ1n) is 8.25. The van der Waals surface area contributed by atoms with Crippen molar-refractivity contribution in [3.05, 3.63) is 67.0 Å². The molecule has 0 spiro atoms. The Kier molecular flexibility index (Phi) is 4.95. The molecule has 2 aromatic carbocycles. The summed E-state index contributed by atoms with van der Waals surface area (Å²) in [6, 6.07) is 18.0. The first-order valence-corrected chi connectivity index (χ1v) is 9.48. The number of rotatable bonds is 4. The van der Waals surface area contributed by atoms with Gasteiger partial charge in [0.2, 0.25) is 0 Å². The van der Waals surface area contributed by atoms with Gasteiger partial charge in [0.05, 0.1) is 23.7 Å². The van der Waals surface area contributed by atoms with Gasteiger partial charge in [-0.15, -0.1) is 0 Å². The first-order chi connectivity index (χ1) is 13.2. The molecular weight excluding hydrogens is 376 g/mol. The van der Waals surface area contributed by atoms with Crippen molar-refractivity contribution in [1.29, 1.82) is 0 Å². The van der Waals surface area contributed by atoms with Crippen LogP contribution < -0.4 is 15.4 Å². The monoisotopic (exact) mass is 392 g/mol. The van der Waals surface area contributed by atoms with Gasteiger partial charge in [-0.1, -0.05) is 41.7 Å². The van der Waals surface area contributed by atoms with E-state index in [4.69, 9.17) is 21.9 Å². The van der Waals surface area contributed by atoms with Crippen LogP contribution in [0.2, 0.25) is 0 Å². The number of ether oxygens (including phenoxy) is 1. The molecule has 5 nitrogen and oxygen atoms in total. The topological polar surface area (TPSA) is 59.1 Å². The molecule has 134 valence electrons. The van der Waals surface area contributed by atoms with Gasteiger partial charge in [0.15, 0.2) is 10.2 Å². The largest absolute Gasteiger partial charge is 0.494 e. The molecule has 0 aliphatic rings. The molecular formula is C20H16N4OS2. The highest BCUT2D eigenvalue weighted by Crippen LogP contribution is 2.39. The summed E-state index contributed by atoms with van der Waals surface area (Å²) >= 11 is 6.94. The lowest BCUT2D eigenvalue weighted by Crippen LogP contribution is -2.18. The molecule has 7 heteroatoms. The highest BCUT2D eigenvalue weighted by atomic mass is 32.1. The second-order valence-electron chi connectivity index (χ2n) is 5.70. The number of benzene rings is 2. The van der Waals surface area contributed by atoms with Crippen LogP contribution in [-0.2, 0) is 0 Å². The van der Waals surface area contributed by atoms with Crippen molar-refractivity contribution >= 4 is 49.7 Å². The van der Waals surface area contributed by atoms with Gasteiger partial charge < -0.3 is 15.4 Å². The van der Waals surface area contributed by atoms with E-state index < -0.39 is 0 Å². The number of hydrogen-bond acceptors (Lipinski definition) is 5. The summed E-state index contributed by atoms with van der Waals surface area (Å²) in [5.74, 6) is 0.736. The van der Waals surface area contributed by atoms with Gasteiger partial charge in [0.1, 0.15) is 11.3 Å². The minimum Gasteiger partial charge on any atom is -0.494 e. The van der Waals surface area contributed by atoms with Crippen LogP contribution in [0, 0.1) is 0 Å². The molecule has 2 heterocycles. The predicted octanol–water partition coefficient (Wildman–Crippen LogP) is 5.18. The zero-order valence-corrected chi connectivity index (χ0v) is 16.1. The number of nitrogens with zero attached hydrogens (tertiary/aromatic N) is 2. The maximum Gasteiger partial charge on any atom is 0.190 e. The Balaban J connectivity index is 1.67. The maximum absolute atomic E-state index is 5.49. The van der Waals surface area contributed by atoms with Crippen molar-refractivity contribution < 1.29 is 4.74 Å². The lowest BCUT2D eigenvalue weighted by molar-refractivity contribution is 0.419. The normalized spacial score (nSPS) is 10.6. The molecule has 0 radical (unpaired) electrons. The zero-order valence-electron chi connectivity index (χ0n) is 14.5. The van der Waals surface area contributed by atoms with Crippen molar-refractivity contribution in [2.75, 3.05) is 17.7 Å². The number of aromatic nitrogens is 2. The number of anilines is 2. The summed E-state index contributed by atoms with van der Waals surface area (Å²) in [6.45, 7) is 0. The highest BCUT2D eigenvalue weighted by Gasteiger charge is 2.15. The number of thiazole rings is 1. The van der Waals surface area contributed by atoms with E-state index in [1.54, 1.807) is 30.8 Å². The van der Waals surface area contributed by atoms with E-state index in [1.807, 2.05) is 36.4 Å². The van der Waals surface area contributed by atoms with Crippen molar-refractivity contribution in [1.82, 2.24) is 9.97 Å². The first kappa shape index (κ1) is 17.4. The van der Waals surface area contributed by atoms with E-state index in [-0.39, 0.29) is 0 Å². The molecule has 0 fully saturated rings. The Morgan fingerprint density at radius 1 is 1.04 bits per heavy atom. The third-order valence-electron chi connectivity index (χ3n) is 3.95. The zero-order chi connectivity index (χ0) is 18.6. The molecule has 4 rings (SSSR count). The Hall–Kier alpha value is -3.03. The fourth-order valence-corrected chi connectivity index (χ4v) is 4.04. The molecule has 0 bridgehead atoms. The van der Waals surface area contributed by atoms with Gasteiger partial charge in [-0.3, -0.25) is 4.98 Å². The summed E-state index contributed by atoms with van der Waals surface area (Å²) in [5, 5.41) is 7.42. The average Bonchev–Trinajstić information content (AvgIpc) is 3.12. The minimum absolute atomic E-state index is 0.460. The molecule has 0 aliphatic carbocycles. The Morgan fingerprint density at radius 2 is 1.89 bits per heavy atom. The van der Waals surface area contributed by atoms with E-state index in [9.17, 15) is 0 Å². The molecule has 0 saturated carbocycles. The molecule has 0 amide bonds. The van der Waals surface area contributed by atoms with Crippen LogP contribution in [0.3, 0.4) is 0 Å². The van der Waals surface area contributed by atoms with Gasteiger partial charge >= 0.3 is 0 Å². The van der Waals surface area contributed by atoms with Crippen LogP contribution >= 0.6 is 23.6 Å². The van der Waals surface area contributed by atoms with Crippen molar-refractivity contribution in [3.63, 3.8) is 0 Å². The minimum atomic E-state index is 0.460. The van der Waals surface area contributed by atoms with Gasteiger partial charge in [0.25, 0.3) is 0 Å². The number of pyridine rings is 1.